The number of amides is 1. The summed E-state index contributed by atoms with van der Waals surface area (Å²) in [6, 6.07) is 0. The summed E-state index contributed by atoms with van der Waals surface area (Å²) in [6.07, 6.45) is 0. The van der Waals surface area contributed by atoms with Gasteiger partial charge in [-0.25, -0.2) is 0 Å². The fourth-order valence-electron chi connectivity index (χ4n) is 1.11. The Labute approximate surface area is 62.1 Å². The van der Waals surface area contributed by atoms with Crippen molar-refractivity contribution in [3.05, 3.63) is 11.1 Å². The van der Waals surface area contributed by atoms with Crippen LogP contribution in [0.4, 0.5) is 0 Å². The minimum atomic E-state index is -0.296. The molecule has 0 atom stereocenters. The number of carbonyl (C=O) groups is 1. The van der Waals surface area contributed by atoms with Crippen LogP contribution >= 0.6 is 0 Å². The van der Waals surface area contributed by atoms with E-state index in [-0.39, 0.29) is 11.8 Å². The maximum Gasteiger partial charge on any atom is 0.244 e. The van der Waals surface area contributed by atoms with Crippen molar-refractivity contribution in [2.45, 2.75) is 27.7 Å². The van der Waals surface area contributed by atoms with E-state index < -0.39 is 0 Å². The zero-order chi connectivity index (χ0) is 8.31. The van der Waals surface area contributed by atoms with Crippen molar-refractivity contribution in [1.82, 2.24) is 0 Å². The van der Waals surface area contributed by atoms with Crippen molar-refractivity contribution in [2.24, 2.45) is 11.7 Å². The van der Waals surface area contributed by atoms with Gasteiger partial charge in [-0.2, -0.15) is 0 Å². The van der Waals surface area contributed by atoms with Gasteiger partial charge in [0.15, 0.2) is 0 Å². The number of hydrogen-bond donors (Lipinski definition) is 1. The molecule has 0 aromatic carbocycles. The predicted octanol–water partition coefficient (Wildman–Crippen LogP) is 1.46. The highest BCUT2D eigenvalue weighted by Gasteiger charge is 2.10. The number of hydrogen-bond acceptors (Lipinski definition) is 1. The van der Waals surface area contributed by atoms with Crippen LogP contribution in [0.5, 0.6) is 0 Å². The zero-order valence-corrected chi connectivity index (χ0v) is 7.06. The Morgan fingerprint density at radius 2 is 1.70 bits per heavy atom. The smallest absolute Gasteiger partial charge is 0.244 e. The standard InChI is InChI=1S/C8H15NO/c1-5(2)7(6(3)4)8(9)10/h5H,1-4H3,(H2,9,10). The Kier molecular flexibility index (Phi) is 3.13. The lowest BCUT2D eigenvalue weighted by Gasteiger charge is -2.08. The fraction of sp³-hybridized carbons (Fsp3) is 0.625. The third-order valence-electron chi connectivity index (χ3n) is 1.38. The first-order valence-electron chi connectivity index (χ1n) is 3.44. The van der Waals surface area contributed by atoms with Gasteiger partial charge < -0.3 is 5.73 Å². The normalized spacial score (nSPS) is 9.70. The average molecular weight is 141 g/mol. The second-order valence-corrected chi connectivity index (χ2v) is 2.93. The van der Waals surface area contributed by atoms with Crippen LogP contribution in [0.15, 0.2) is 11.1 Å². The van der Waals surface area contributed by atoms with E-state index in [1.807, 2.05) is 27.7 Å². The molecule has 0 spiro atoms. The molecule has 58 valence electrons. The molecular formula is C8H15NO. The van der Waals surface area contributed by atoms with Crippen LogP contribution in [-0.4, -0.2) is 5.91 Å². The molecule has 0 aliphatic carbocycles. The Hall–Kier alpha value is -0.790. The average Bonchev–Trinajstić information content (AvgIpc) is 1.59. The maximum absolute atomic E-state index is 10.7. The van der Waals surface area contributed by atoms with Gasteiger partial charge >= 0.3 is 0 Å². The third kappa shape index (κ3) is 2.21. The van der Waals surface area contributed by atoms with E-state index in [1.54, 1.807) is 0 Å². The van der Waals surface area contributed by atoms with Crippen molar-refractivity contribution in [3.63, 3.8) is 0 Å². The minimum Gasteiger partial charge on any atom is -0.366 e. The number of primary amides is 1. The van der Waals surface area contributed by atoms with Gasteiger partial charge in [0.2, 0.25) is 5.91 Å². The van der Waals surface area contributed by atoms with Crippen molar-refractivity contribution in [3.8, 4) is 0 Å². The van der Waals surface area contributed by atoms with Crippen LogP contribution in [0.1, 0.15) is 27.7 Å². The lowest BCUT2D eigenvalue weighted by molar-refractivity contribution is -0.115. The SMILES string of the molecule is CC(C)=C(C(N)=O)C(C)C. The van der Waals surface area contributed by atoms with E-state index in [0.717, 1.165) is 11.1 Å². The first-order chi connectivity index (χ1) is 4.46. The fourth-order valence-corrected chi connectivity index (χ4v) is 1.11. The summed E-state index contributed by atoms with van der Waals surface area (Å²) in [5.74, 6) is -0.0579. The summed E-state index contributed by atoms with van der Waals surface area (Å²) in [5.41, 5.74) is 6.91. The second-order valence-electron chi connectivity index (χ2n) is 2.93. The van der Waals surface area contributed by atoms with Crippen LogP contribution in [0.25, 0.3) is 0 Å². The van der Waals surface area contributed by atoms with Crippen molar-refractivity contribution >= 4 is 5.91 Å². The van der Waals surface area contributed by atoms with E-state index in [4.69, 9.17) is 5.73 Å². The highest BCUT2D eigenvalue weighted by molar-refractivity contribution is 5.92. The largest absolute Gasteiger partial charge is 0.366 e. The molecular weight excluding hydrogens is 126 g/mol. The van der Waals surface area contributed by atoms with E-state index in [1.165, 1.54) is 0 Å². The predicted molar refractivity (Wildman–Crippen MR) is 42.4 cm³/mol. The Morgan fingerprint density at radius 3 is 1.70 bits per heavy atom. The Bertz CT molecular complexity index is 164. The highest BCUT2D eigenvalue weighted by atomic mass is 16.1. The zero-order valence-electron chi connectivity index (χ0n) is 7.06. The molecule has 0 heterocycles. The van der Waals surface area contributed by atoms with Crippen molar-refractivity contribution in [2.75, 3.05) is 0 Å². The summed E-state index contributed by atoms with van der Waals surface area (Å²) >= 11 is 0. The number of rotatable bonds is 2. The number of carbonyl (C=O) groups excluding carboxylic acids is 1. The molecule has 2 heteroatoms. The van der Waals surface area contributed by atoms with Gasteiger partial charge in [0.05, 0.1) is 0 Å². The first kappa shape index (κ1) is 9.21. The quantitative estimate of drug-likeness (QED) is 0.581. The van der Waals surface area contributed by atoms with Gasteiger partial charge in [0, 0.05) is 5.57 Å². The van der Waals surface area contributed by atoms with Gasteiger partial charge in [-0.15, -0.1) is 0 Å². The van der Waals surface area contributed by atoms with Crippen LogP contribution in [0, 0.1) is 5.92 Å². The van der Waals surface area contributed by atoms with Crippen molar-refractivity contribution < 1.29 is 4.79 Å². The summed E-state index contributed by atoms with van der Waals surface area (Å²) in [6.45, 7) is 7.74. The molecule has 1 amide bonds. The van der Waals surface area contributed by atoms with Gasteiger partial charge in [-0.3, -0.25) is 4.79 Å². The highest BCUT2D eigenvalue weighted by Crippen LogP contribution is 2.12. The molecule has 0 rings (SSSR count). The van der Waals surface area contributed by atoms with Crippen LogP contribution in [-0.2, 0) is 4.79 Å². The van der Waals surface area contributed by atoms with Gasteiger partial charge in [0.25, 0.3) is 0 Å². The molecule has 0 aromatic heterocycles. The second kappa shape index (κ2) is 3.40. The molecule has 0 aromatic rings. The van der Waals surface area contributed by atoms with Crippen LogP contribution in [0.3, 0.4) is 0 Å². The van der Waals surface area contributed by atoms with Crippen LogP contribution in [0.2, 0.25) is 0 Å². The van der Waals surface area contributed by atoms with E-state index >= 15 is 0 Å². The summed E-state index contributed by atoms with van der Waals surface area (Å²) < 4.78 is 0. The molecule has 0 bridgehead atoms. The van der Waals surface area contributed by atoms with E-state index in [9.17, 15) is 4.79 Å². The van der Waals surface area contributed by atoms with E-state index in [2.05, 4.69) is 0 Å². The summed E-state index contributed by atoms with van der Waals surface area (Å²) in [5, 5.41) is 0. The Balaban J connectivity index is 4.61. The van der Waals surface area contributed by atoms with Crippen LogP contribution < -0.4 is 5.73 Å². The lowest BCUT2D eigenvalue weighted by atomic mass is 9.98. The molecule has 0 fully saturated rings. The van der Waals surface area contributed by atoms with Crippen molar-refractivity contribution in [1.29, 1.82) is 0 Å². The number of nitrogens with two attached hydrogens (primary N) is 1. The topological polar surface area (TPSA) is 43.1 Å². The molecule has 10 heavy (non-hydrogen) atoms. The molecule has 0 saturated heterocycles. The molecule has 0 unspecified atom stereocenters. The van der Waals surface area contributed by atoms with Gasteiger partial charge in [-0.1, -0.05) is 19.4 Å². The summed E-state index contributed by atoms with van der Waals surface area (Å²) in [4.78, 5) is 10.7. The number of allylic oxidation sites excluding steroid dienone is 1. The van der Waals surface area contributed by atoms with Gasteiger partial charge in [-0.05, 0) is 19.8 Å². The third-order valence-corrected chi connectivity index (χ3v) is 1.38. The minimum absolute atomic E-state index is 0.238. The summed E-state index contributed by atoms with van der Waals surface area (Å²) in [7, 11) is 0. The lowest BCUT2D eigenvalue weighted by Crippen LogP contribution is -2.18. The first-order valence-corrected chi connectivity index (χ1v) is 3.44. The maximum atomic E-state index is 10.7. The molecule has 0 saturated carbocycles. The molecule has 2 N–H and O–H groups in total. The monoisotopic (exact) mass is 141 g/mol. The molecule has 0 radical (unpaired) electrons. The molecule has 0 aliphatic heterocycles. The van der Waals surface area contributed by atoms with Gasteiger partial charge in [0.1, 0.15) is 0 Å². The molecule has 0 aliphatic rings. The van der Waals surface area contributed by atoms with E-state index in [0.29, 0.717) is 0 Å². The Morgan fingerprint density at radius 1 is 1.30 bits per heavy atom. The molecule has 2 nitrogen and oxygen atoms in total.